The maximum atomic E-state index is 8.92. The quantitative estimate of drug-likeness (QED) is 0.850. The van der Waals surface area contributed by atoms with Gasteiger partial charge in [0, 0.05) is 45.0 Å². The van der Waals surface area contributed by atoms with Crippen molar-refractivity contribution in [1.29, 1.82) is 5.26 Å². The van der Waals surface area contributed by atoms with Crippen LogP contribution in [0.1, 0.15) is 24.8 Å². The molecule has 1 aromatic carbocycles. The molecule has 2 aromatic rings. The molecule has 2 fully saturated rings. The van der Waals surface area contributed by atoms with Crippen molar-refractivity contribution >= 4 is 17.3 Å². The van der Waals surface area contributed by atoms with Gasteiger partial charge in [-0.3, -0.25) is 0 Å². The van der Waals surface area contributed by atoms with Gasteiger partial charge < -0.3 is 14.7 Å². The van der Waals surface area contributed by atoms with Crippen LogP contribution in [0.15, 0.2) is 36.4 Å². The zero-order valence-electron chi connectivity index (χ0n) is 15.0. The number of piperazine rings is 1. The highest BCUT2D eigenvalue weighted by molar-refractivity contribution is 5.52. The van der Waals surface area contributed by atoms with E-state index in [9.17, 15) is 0 Å². The van der Waals surface area contributed by atoms with Gasteiger partial charge in [0.1, 0.15) is 0 Å². The summed E-state index contributed by atoms with van der Waals surface area (Å²) >= 11 is 0. The van der Waals surface area contributed by atoms with Crippen LogP contribution in [0, 0.1) is 11.3 Å². The highest BCUT2D eigenvalue weighted by Crippen LogP contribution is 2.22. The van der Waals surface area contributed by atoms with Crippen LogP contribution in [0.5, 0.6) is 0 Å². The van der Waals surface area contributed by atoms with Crippen molar-refractivity contribution in [3.63, 3.8) is 0 Å². The van der Waals surface area contributed by atoms with E-state index in [1.54, 1.807) is 0 Å². The van der Waals surface area contributed by atoms with Gasteiger partial charge in [0.2, 0.25) is 0 Å². The van der Waals surface area contributed by atoms with E-state index >= 15 is 0 Å². The summed E-state index contributed by atoms with van der Waals surface area (Å²) in [4.78, 5) is 6.99. The lowest BCUT2D eigenvalue weighted by molar-refractivity contribution is 0.570. The molecular weight excluding hydrogens is 324 g/mol. The van der Waals surface area contributed by atoms with E-state index in [4.69, 9.17) is 5.26 Å². The Kier molecular flexibility index (Phi) is 4.87. The van der Waals surface area contributed by atoms with Crippen LogP contribution >= 0.6 is 0 Å². The number of hydrogen-bond acceptors (Lipinski definition) is 6. The first-order chi connectivity index (χ1) is 12.8. The van der Waals surface area contributed by atoms with Crippen molar-refractivity contribution in [3.05, 3.63) is 42.0 Å². The molecule has 2 saturated heterocycles. The number of nitrogens with zero attached hydrogens (tertiary/aromatic N) is 6. The van der Waals surface area contributed by atoms with Crippen molar-refractivity contribution in [3.8, 4) is 6.07 Å². The molecule has 134 valence electrons. The predicted octanol–water partition coefficient (Wildman–Crippen LogP) is 2.67. The smallest absolute Gasteiger partial charge is 0.151 e. The van der Waals surface area contributed by atoms with E-state index in [1.165, 1.54) is 24.9 Å². The Hall–Kier alpha value is -2.81. The normalized spacial score (nSPS) is 17.9. The predicted molar refractivity (Wildman–Crippen MR) is 104 cm³/mol. The zero-order valence-corrected chi connectivity index (χ0v) is 15.0. The minimum atomic E-state index is 0.705. The van der Waals surface area contributed by atoms with Gasteiger partial charge in [-0.15, -0.1) is 10.2 Å². The molecule has 6 nitrogen and oxygen atoms in total. The molecule has 0 saturated carbocycles. The molecule has 4 rings (SSSR count). The number of nitriles is 1. The molecule has 26 heavy (non-hydrogen) atoms. The monoisotopic (exact) mass is 348 g/mol. The highest BCUT2D eigenvalue weighted by Gasteiger charge is 2.19. The second-order valence-electron chi connectivity index (χ2n) is 6.93. The van der Waals surface area contributed by atoms with E-state index in [1.807, 2.05) is 24.3 Å². The van der Waals surface area contributed by atoms with Gasteiger partial charge in [-0.1, -0.05) is 0 Å². The molecule has 3 heterocycles. The van der Waals surface area contributed by atoms with Gasteiger partial charge in [-0.05, 0) is 55.7 Å². The van der Waals surface area contributed by atoms with Crippen LogP contribution < -0.4 is 14.7 Å². The Morgan fingerprint density at radius 2 is 1.19 bits per heavy atom. The van der Waals surface area contributed by atoms with E-state index in [0.29, 0.717) is 5.56 Å². The van der Waals surface area contributed by atoms with E-state index in [-0.39, 0.29) is 0 Å². The largest absolute Gasteiger partial charge is 0.368 e. The zero-order chi connectivity index (χ0) is 17.8. The Balaban J connectivity index is 1.36. The van der Waals surface area contributed by atoms with Crippen molar-refractivity contribution in [2.24, 2.45) is 0 Å². The van der Waals surface area contributed by atoms with Crippen molar-refractivity contribution in [2.75, 3.05) is 54.0 Å². The van der Waals surface area contributed by atoms with Crippen LogP contribution in [0.2, 0.25) is 0 Å². The average Bonchev–Trinajstić information content (AvgIpc) is 2.75. The fourth-order valence-corrected chi connectivity index (χ4v) is 3.72. The lowest BCUT2D eigenvalue weighted by atomic mass is 10.1. The maximum absolute atomic E-state index is 8.92. The Labute approximate surface area is 154 Å². The minimum absolute atomic E-state index is 0.705. The molecule has 6 heteroatoms. The van der Waals surface area contributed by atoms with Gasteiger partial charge in [0.15, 0.2) is 11.6 Å². The summed E-state index contributed by atoms with van der Waals surface area (Å²) < 4.78 is 0. The van der Waals surface area contributed by atoms with Crippen molar-refractivity contribution < 1.29 is 0 Å². The summed E-state index contributed by atoms with van der Waals surface area (Å²) in [6.45, 7) is 5.94. The van der Waals surface area contributed by atoms with Crippen LogP contribution in [0.3, 0.4) is 0 Å². The Morgan fingerprint density at radius 3 is 1.73 bits per heavy atom. The van der Waals surface area contributed by atoms with Crippen molar-refractivity contribution in [2.45, 2.75) is 19.3 Å². The Morgan fingerprint density at radius 1 is 0.654 bits per heavy atom. The summed E-state index contributed by atoms with van der Waals surface area (Å²) in [7, 11) is 0. The third kappa shape index (κ3) is 3.57. The fraction of sp³-hybridized carbons (Fsp3) is 0.450. The van der Waals surface area contributed by atoms with Crippen LogP contribution in [0.4, 0.5) is 17.3 Å². The third-order valence-corrected chi connectivity index (χ3v) is 5.28. The molecule has 0 spiro atoms. The van der Waals surface area contributed by atoms with Crippen molar-refractivity contribution in [1.82, 2.24) is 10.2 Å². The molecule has 0 N–H and O–H groups in total. The number of anilines is 3. The van der Waals surface area contributed by atoms with E-state index in [2.05, 4.69) is 43.1 Å². The number of rotatable bonds is 3. The Bertz CT molecular complexity index is 750. The summed E-state index contributed by atoms with van der Waals surface area (Å²) in [5.41, 5.74) is 1.88. The molecule has 0 bridgehead atoms. The molecule has 0 amide bonds. The van der Waals surface area contributed by atoms with Crippen LogP contribution in [0.25, 0.3) is 0 Å². The standard InChI is InChI=1S/C20H24N6/c21-16-17-4-6-18(7-5-17)24-12-14-26(15-13-24)20-9-8-19(22-23-20)25-10-2-1-3-11-25/h4-9H,1-3,10-15H2. The van der Waals surface area contributed by atoms with Gasteiger partial charge in [-0.2, -0.15) is 5.26 Å². The molecule has 0 atom stereocenters. The van der Waals surface area contributed by atoms with Crippen LogP contribution in [-0.2, 0) is 0 Å². The average molecular weight is 348 g/mol. The SMILES string of the molecule is N#Cc1ccc(N2CCN(c3ccc(N4CCCCC4)nn3)CC2)cc1. The summed E-state index contributed by atoms with van der Waals surface area (Å²) in [5, 5.41) is 17.9. The second kappa shape index (κ2) is 7.61. The molecule has 0 aliphatic carbocycles. The molecule has 2 aliphatic heterocycles. The first-order valence-corrected chi connectivity index (χ1v) is 9.42. The first-order valence-electron chi connectivity index (χ1n) is 9.42. The summed E-state index contributed by atoms with van der Waals surface area (Å²) in [6, 6.07) is 14.2. The molecule has 2 aliphatic rings. The summed E-state index contributed by atoms with van der Waals surface area (Å²) in [6.07, 6.45) is 3.83. The van der Waals surface area contributed by atoms with Gasteiger partial charge >= 0.3 is 0 Å². The topological polar surface area (TPSA) is 59.3 Å². The van der Waals surface area contributed by atoms with Crippen LogP contribution in [-0.4, -0.2) is 49.5 Å². The lowest BCUT2D eigenvalue weighted by Crippen LogP contribution is -2.47. The number of aromatic nitrogens is 2. The van der Waals surface area contributed by atoms with Gasteiger partial charge in [-0.25, -0.2) is 0 Å². The number of piperidine rings is 1. The molecular formula is C20H24N6. The van der Waals surface area contributed by atoms with E-state index in [0.717, 1.165) is 50.9 Å². The van der Waals surface area contributed by atoms with E-state index < -0.39 is 0 Å². The third-order valence-electron chi connectivity index (χ3n) is 5.28. The van der Waals surface area contributed by atoms with Gasteiger partial charge in [0.25, 0.3) is 0 Å². The highest BCUT2D eigenvalue weighted by atomic mass is 15.3. The first kappa shape index (κ1) is 16.6. The molecule has 0 radical (unpaired) electrons. The minimum Gasteiger partial charge on any atom is -0.368 e. The molecule has 1 aromatic heterocycles. The number of benzene rings is 1. The second-order valence-corrected chi connectivity index (χ2v) is 6.93. The van der Waals surface area contributed by atoms with Gasteiger partial charge in [0.05, 0.1) is 11.6 Å². The lowest BCUT2D eigenvalue weighted by Gasteiger charge is -2.36. The molecule has 0 unspecified atom stereocenters. The number of hydrogen-bond donors (Lipinski definition) is 0. The fourth-order valence-electron chi connectivity index (χ4n) is 3.72. The summed E-state index contributed by atoms with van der Waals surface area (Å²) in [5.74, 6) is 1.97. The maximum Gasteiger partial charge on any atom is 0.151 e.